The first-order valence-corrected chi connectivity index (χ1v) is 20.8. The van der Waals surface area contributed by atoms with Gasteiger partial charge in [-0.3, -0.25) is 0 Å². The molecule has 0 aromatic heterocycles. The minimum absolute atomic E-state index is 0.232. The zero-order valence-electron chi connectivity index (χ0n) is 23.1. The standard InChI is InChI=1S/C28H50Si3/c1-14-31(15-2,16-3)24-20-23(29(10)11)25(26(24)30(12,13)28(7,8)9)21-17-18-22(19-21)27(4,5)6/h18-20H,14-17H2,1-13H3. The summed E-state index contributed by atoms with van der Waals surface area (Å²) in [4.78, 5) is 0. The molecule has 0 fully saturated rings. The normalized spacial score (nSPS) is 18.5. The van der Waals surface area contributed by atoms with Crippen LogP contribution in [0.15, 0.2) is 45.3 Å². The Hall–Kier alpha value is -0.519. The summed E-state index contributed by atoms with van der Waals surface area (Å²) in [5.74, 6) is 0. The molecule has 0 N–H and O–H groups in total. The lowest BCUT2D eigenvalue weighted by Gasteiger charge is -2.44. The van der Waals surface area contributed by atoms with Gasteiger partial charge in [-0.2, -0.15) is 0 Å². The first-order chi connectivity index (χ1) is 14.1. The molecule has 0 radical (unpaired) electrons. The molecule has 0 atom stereocenters. The molecule has 0 nitrogen and oxygen atoms in total. The average Bonchev–Trinajstić information content (AvgIpc) is 3.28. The molecule has 0 heterocycles. The Morgan fingerprint density at radius 1 is 0.871 bits per heavy atom. The van der Waals surface area contributed by atoms with Crippen LogP contribution in [0.1, 0.15) is 68.7 Å². The van der Waals surface area contributed by atoms with Crippen molar-refractivity contribution in [2.45, 2.75) is 118 Å². The van der Waals surface area contributed by atoms with Crippen LogP contribution in [-0.4, -0.2) is 29.7 Å². The highest BCUT2D eigenvalue weighted by atomic mass is 28.3. The molecule has 2 aliphatic carbocycles. The number of hydrogen-bond acceptors (Lipinski definition) is 0. The fraction of sp³-hybridized carbons (Fsp3) is 0.679. The molecule has 0 saturated heterocycles. The third-order valence-electron chi connectivity index (χ3n) is 8.78. The van der Waals surface area contributed by atoms with E-state index in [-0.39, 0.29) is 5.41 Å². The van der Waals surface area contributed by atoms with Gasteiger partial charge in [-0.15, -0.1) is 0 Å². The smallest absolute Gasteiger partial charge is 0.0763 e. The number of allylic oxidation sites excluding steroid dienone is 8. The molecule has 3 heteroatoms. The quantitative estimate of drug-likeness (QED) is 0.339. The van der Waals surface area contributed by atoms with Crippen LogP contribution in [-0.2, 0) is 0 Å². The summed E-state index contributed by atoms with van der Waals surface area (Å²) in [6, 6.07) is 4.14. The molecule has 0 amide bonds. The van der Waals surface area contributed by atoms with E-state index in [0.29, 0.717) is 5.04 Å². The van der Waals surface area contributed by atoms with Gasteiger partial charge in [0.1, 0.15) is 0 Å². The van der Waals surface area contributed by atoms with Crippen LogP contribution in [0.3, 0.4) is 0 Å². The van der Waals surface area contributed by atoms with Gasteiger partial charge < -0.3 is 0 Å². The molecule has 0 spiro atoms. The van der Waals surface area contributed by atoms with Gasteiger partial charge in [0.05, 0.1) is 16.1 Å². The van der Waals surface area contributed by atoms with Crippen molar-refractivity contribution in [2.75, 3.05) is 0 Å². The second kappa shape index (κ2) is 9.02. The Morgan fingerprint density at radius 3 is 1.74 bits per heavy atom. The molecule has 2 rings (SSSR count). The molecule has 0 unspecified atom stereocenters. The van der Waals surface area contributed by atoms with Crippen molar-refractivity contribution in [1.82, 2.24) is 0 Å². The maximum Gasteiger partial charge on any atom is 0.0865 e. The first-order valence-electron chi connectivity index (χ1n) is 12.6. The minimum atomic E-state index is -1.70. The topological polar surface area (TPSA) is 0 Å². The lowest BCUT2D eigenvalue weighted by Crippen LogP contribution is -2.46. The summed E-state index contributed by atoms with van der Waals surface area (Å²) in [5, 5.41) is 5.83. The van der Waals surface area contributed by atoms with Crippen molar-refractivity contribution < 1.29 is 0 Å². The van der Waals surface area contributed by atoms with E-state index in [1.807, 2.05) is 10.4 Å². The van der Waals surface area contributed by atoms with Crippen LogP contribution < -0.4 is 0 Å². The van der Waals surface area contributed by atoms with Gasteiger partial charge in [-0.25, -0.2) is 0 Å². The van der Waals surface area contributed by atoms with E-state index in [2.05, 4.69) is 107 Å². The Labute approximate surface area is 198 Å². The van der Waals surface area contributed by atoms with Crippen LogP contribution in [0.25, 0.3) is 0 Å². The molecule has 0 saturated carbocycles. The first kappa shape index (κ1) is 26.7. The molecule has 0 aromatic rings. The van der Waals surface area contributed by atoms with E-state index < -0.39 is 24.6 Å². The fourth-order valence-electron chi connectivity index (χ4n) is 5.27. The van der Waals surface area contributed by atoms with E-state index in [1.165, 1.54) is 23.7 Å². The lowest BCUT2D eigenvalue weighted by molar-refractivity contribution is 0.518. The van der Waals surface area contributed by atoms with Gasteiger partial charge in [-0.1, -0.05) is 135 Å². The van der Waals surface area contributed by atoms with E-state index in [1.54, 1.807) is 16.3 Å². The maximum absolute atomic E-state index is 2.78. The van der Waals surface area contributed by atoms with Crippen molar-refractivity contribution in [2.24, 2.45) is 5.41 Å². The SMILES string of the molecule is CC[Si](CC)(CC)C1=CC(=[Si](C)C)C(C2=CC(C(C)(C)C)=CC2)=C1[Si](C)(C)C(C)(C)C. The highest BCUT2D eigenvalue weighted by Gasteiger charge is 2.48. The average molecular weight is 471 g/mol. The van der Waals surface area contributed by atoms with Crippen LogP contribution >= 0.6 is 0 Å². The van der Waals surface area contributed by atoms with Crippen LogP contribution in [0.2, 0.25) is 49.4 Å². The number of hydrogen-bond donors (Lipinski definition) is 0. The van der Waals surface area contributed by atoms with Crippen molar-refractivity contribution in [3.63, 3.8) is 0 Å². The Kier molecular flexibility index (Phi) is 7.78. The Balaban J connectivity index is 2.93. The fourth-order valence-corrected chi connectivity index (χ4v) is 14.7. The minimum Gasteiger partial charge on any atom is -0.0763 e. The van der Waals surface area contributed by atoms with Crippen LogP contribution in [0.5, 0.6) is 0 Å². The molecule has 174 valence electrons. The zero-order valence-corrected chi connectivity index (χ0v) is 26.1. The number of rotatable bonds is 6. The molecule has 0 aliphatic heterocycles. The van der Waals surface area contributed by atoms with Crippen LogP contribution in [0.4, 0.5) is 0 Å². The van der Waals surface area contributed by atoms with Gasteiger partial charge in [0, 0.05) is 8.41 Å². The van der Waals surface area contributed by atoms with Gasteiger partial charge in [0.2, 0.25) is 0 Å². The Morgan fingerprint density at radius 2 is 1.39 bits per heavy atom. The monoisotopic (exact) mass is 470 g/mol. The second-order valence-corrected chi connectivity index (χ2v) is 25.7. The van der Waals surface area contributed by atoms with Crippen molar-refractivity contribution in [3.8, 4) is 0 Å². The van der Waals surface area contributed by atoms with E-state index >= 15 is 0 Å². The van der Waals surface area contributed by atoms with E-state index in [0.717, 1.165) is 6.42 Å². The maximum atomic E-state index is 2.78. The highest BCUT2D eigenvalue weighted by molar-refractivity contribution is 6.97. The summed E-state index contributed by atoms with van der Waals surface area (Å²) >= 11 is 0. The van der Waals surface area contributed by atoms with Gasteiger partial charge in [0.25, 0.3) is 0 Å². The molecular weight excluding hydrogens is 421 g/mol. The van der Waals surface area contributed by atoms with Gasteiger partial charge in [-0.05, 0) is 38.8 Å². The zero-order chi connectivity index (χ0) is 24.0. The molecule has 2 aliphatic rings. The molecule has 0 aromatic carbocycles. The summed E-state index contributed by atoms with van der Waals surface area (Å²) in [7, 11) is -3.72. The van der Waals surface area contributed by atoms with E-state index in [4.69, 9.17) is 0 Å². The second-order valence-electron chi connectivity index (χ2n) is 12.7. The van der Waals surface area contributed by atoms with Gasteiger partial charge >= 0.3 is 0 Å². The largest absolute Gasteiger partial charge is 0.0865 e. The Bertz CT molecular complexity index is 858. The van der Waals surface area contributed by atoms with Crippen molar-refractivity contribution in [3.05, 3.63) is 45.3 Å². The van der Waals surface area contributed by atoms with Crippen LogP contribution in [0, 0.1) is 5.41 Å². The van der Waals surface area contributed by atoms with Crippen molar-refractivity contribution in [1.29, 1.82) is 0 Å². The predicted octanol–water partition coefficient (Wildman–Crippen LogP) is 9.13. The summed E-state index contributed by atoms with van der Waals surface area (Å²) < 4.78 is 0. The van der Waals surface area contributed by atoms with Crippen molar-refractivity contribution >= 4 is 29.7 Å². The summed E-state index contributed by atoms with van der Waals surface area (Å²) in [6.07, 6.45) is 9.00. The molecular formula is C28H50Si3. The lowest BCUT2D eigenvalue weighted by atomic mass is 9.87. The third-order valence-corrected chi connectivity index (χ3v) is 21.6. The molecule has 31 heavy (non-hydrogen) atoms. The van der Waals surface area contributed by atoms with E-state index in [9.17, 15) is 0 Å². The third kappa shape index (κ3) is 4.75. The summed E-state index contributed by atoms with van der Waals surface area (Å²) in [6.45, 7) is 32.5. The van der Waals surface area contributed by atoms with Gasteiger partial charge in [0.15, 0.2) is 0 Å². The predicted molar refractivity (Wildman–Crippen MR) is 152 cm³/mol. The highest BCUT2D eigenvalue weighted by Crippen LogP contribution is 2.52. The summed E-state index contributed by atoms with van der Waals surface area (Å²) in [5.41, 5.74) is 5.12. The molecule has 0 bridgehead atoms.